The maximum absolute atomic E-state index is 11.6. The van der Waals surface area contributed by atoms with Crippen molar-refractivity contribution in [2.75, 3.05) is 18.5 Å². The van der Waals surface area contributed by atoms with Crippen molar-refractivity contribution in [3.63, 3.8) is 0 Å². The average molecular weight is 313 g/mol. The minimum Gasteiger partial charge on any atom is -0.379 e. The van der Waals surface area contributed by atoms with Gasteiger partial charge in [0.15, 0.2) is 0 Å². The number of hydrogen-bond donors (Lipinski definition) is 2. The summed E-state index contributed by atoms with van der Waals surface area (Å²) in [5.74, 6) is 0.913. The molecule has 0 bridgehead atoms. The molecule has 0 atom stereocenters. The van der Waals surface area contributed by atoms with Gasteiger partial charge in [-0.05, 0) is 23.9 Å². The van der Waals surface area contributed by atoms with Crippen LogP contribution in [-0.2, 0) is 23.6 Å². The zero-order valence-corrected chi connectivity index (χ0v) is 13.0. The third-order valence-corrected chi connectivity index (χ3v) is 4.02. The van der Waals surface area contributed by atoms with Crippen LogP contribution in [0.2, 0.25) is 0 Å². The summed E-state index contributed by atoms with van der Waals surface area (Å²) in [5, 5.41) is 13.4. The number of urea groups is 1. The summed E-state index contributed by atoms with van der Waals surface area (Å²) >= 11 is 0. The monoisotopic (exact) mass is 313 g/mol. The van der Waals surface area contributed by atoms with E-state index in [0.29, 0.717) is 13.2 Å². The molecular formula is C16H19N5O2. The second-order valence-corrected chi connectivity index (χ2v) is 5.69. The van der Waals surface area contributed by atoms with Crippen LogP contribution < -0.4 is 10.6 Å². The number of anilines is 1. The van der Waals surface area contributed by atoms with Crippen molar-refractivity contribution in [3.8, 4) is 0 Å². The highest BCUT2D eigenvalue weighted by Gasteiger charge is 2.41. The smallest absolute Gasteiger partial charge is 0.323 e. The van der Waals surface area contributed by atoms with E-state index in [1.54, 1.807) is 6.33 Å². The lowest BCUT2D eigenvalue weighted by atomic mass is 9.75. The van der Waals surface area contributed by atoms with Crippen molar-refractivity contribution in [1.82, 2.24) is 20.1 Å². The molecule has 1 aromatic heterocycles. The van der Waals surface area contributed by atoms with Gasteiger partial charge in [0, 0.05) is 24.6 Å². The first kappa shape index (κ1) is 15.2. The number of carbonyl (C=O) groups excluding carboxylic acids is 1. The highest BCUT2D eigenvalue weighted by molar-refractivity contribution is 5.89. The van der Waals surface area contributed by atoms with Crippen LogP contribution >= 0.6 is 0 Å². The van der Waals surface area contributed by atoms with Gasteiger partial charge >= 0.3 is 6.03 Å². The molecule has 1 aromatic carbocycles. The van der Waals surface area contributed by atoms with E-state index < -0.39 is 0 Å². The predicted octanol–water partition coefficient (Wildman–Crippen LogP) is 1.59. The van der Waals surface area contributed by atoms with Crippen LogP contribution in [-0.4, -0.2) is 34.0 Å². The van der Waals surface area contributed by atoms with E-state index in [-0.39, 0.29) is 11.4 Å². The van der Waals surface area contributed by atoms with Crippen LogP contribution in [0.4, 0.5) is 10.5 Å². The number of nitrogens with one attached hydrogen (secondary N) is 2. The third-order valence-electron chi connectivity index (χ3n) is 4.02. The Balaban J connectivity index is 1.82. The molecule has 23 heavy (non-hydrogen) atoms. The van der Waals surface area contributed by atoms with Crippen LogP contribution in [0.1, 0.15) is 11.4 Å². The topological polar surface area (TPSA) is 81.1 Å². The third kappa shape index (κ3) is 3.09. The standard InChI is InChI=1S/C16H19N5O2/c1-3-17-15(22)19-13-6-4-5-12(7-13)16(9-23-10-16)8-14-20-18-11-21(14)2/h3-7,11H,1,8-10H2,2H3,(H2,17,19,22). The number of aryl methyl sites for hydroxylation is 1. The SMILES string of the molecule is C=CNC(=O)Nc1cccc(C2(Cc3nncn3C)COC2)c1. The summed E-state index contributed by atoms with van der Waals surface area (Å²) in [7, 11) is 1.93. The molecule has 2 N–H and O–H groups in total. The summed E-state index contributed by atoms with van der Waals surface area (Å²) in [6.07, 6.45) is 3.78. The molecule has 1 aliphatic heterocycles. The van der Waals surface area contributed by atoms with Gasteiger partial charge in [-0.1, -0.05) is 18.7 Å². The molecule has 0 unspecified atom stereocenters. The van der Waals surface area contributed by atoms with Gasteiger partial charge in [-0.25, -0.2) is 4.79 Å². The van der Waals surface area contributed by atoms with Crippen molar-refractivity contribution in [2.24, 2.45) is 7.05 Å². The normalized spacial score (nSPS) is 15.5. The van der Waals surface area contributed by atoms with E-state index in [4.69, 9.17) is 4.74 Å². The van der Waals surface area contributed by atoms with Crippen LogP contribution in [0.5, 0.6) is 0 Å². The molecule has 0 spiro atoms. The molecule has 2 aromatic rings. The van der Waals surface area contributed by atoms with E-state index >= 15 is 0 Å². The lowest BCUT2D eigenvalue weighted by Gasteiger charge is -2.41. The highest BCUT2D eigenvalue weighted by Crippen LogP contribution is 2.36. The Morgan fingerprint density at radius 1 is 1.52 bits per heavy atom. The van der Waals surface area contributed by atoms with Gasteiger partial charge in [0.1, 0.15) is 12.2 Å². The number of carbonyl (C=O) groups is 1. The van der Waals surface area contributed by atoms with Crippen LogP contribution in [0, 0.1) is 0 Å². The number of rotatable bonds is 5. The van der Waals surface area contributed by atoms with Crippen LogP contribution in [0.15, 0.2) is 43.4 Å². The maximum atomic E-state index is 11.6. The Morgan fingerprint density at radius 2 is 2.35 bits per heavy atom. The number of hydrogen-bond acceptors (Lipinski definition) is 4. The van der Waals surface area contributed by atoms with Gasteiger partial charge in [-0.3, -0.25) is 0 Å². The summed E-state index contributed by atoms with van der Waals surface area (Å²) < 4.78 is 7.39. The van der Waals surface area contributed by atoms with Crippen LogP contribution in [0.3, 0.4) is 0 Å². The van der Waals surface area contributed by atoms with Gasteiger partial charge in [0.25, 0.3) is 0 Å². The molecule has 0 saturated carbocycles. The zero-order chi connectivity index (χ0) is 16.3. The van der Waals surface area contributed by atoms with Gasteiger partial charge in [0.2, 0.25) is 0 Å². The fraction of sp³-hybridized carbons (Fsp3) is 0.312. The van der Waals surface area contributed by atoms with Crippen molar-refractivity contribution < 1.29 is 9.53 Å². The van der Waals surface area contributed by atoms with Crippen molar-refractivity contribution in [3.05, 3.63) is 54.8 Å². The summed E-state index contributed by atoms with van der Waals surface area (Å²) in [5.41, 5.74) is 1.71. The number of amides is 2. The summed E-state index contributed by atoms with van der Waals surface area (Å²) in [4.78, 5) is 11.6. The number of aromatic nitrogens is 3. The first-order chi connectivity index (χ1) is 11.1. The molecule has 0 aliphatic carbocycles. The summed E-state index contributed by atoms with van der Waals surface area (Å²) in [6, 6.07) is 7.48. The molecule has 0 radical (unpaired) electrons. The second-order valence-electron chi connectivity index (χ2n) is 5.69. The lowest BCUT2D eigenvalue weighted by molar-refractivity contribution is -0.0610. The number of benzene rings is 1. The molecule has 7 nitrogen and oxygen atoms in total. The highest BCUT2D eigenvalue weighted by atomic mass is 16.5. The van der Waals surface area contributed by atoms with E-state index in [2.05, 4.69) is 33.5 Å². The Hall–Kier alpha value is -2.67. The maximum Gasteiger partial charge on any atom is 0.323 e. The fourth-order valence-corrected chi connectivity index (χ4v) is 2.68. The molecule has 2 amide bonds. The Labute approximate surface area is 134 Å². The van der Waals surface area contributed by atoms with E-state index in [1.165, 1.54) is 6.20 Å². The van der Waals surface area contributed by atoms with Gasteiger partial charge in [-0.15, -0.1) is 10.2 Å². The Kier molecular flexibility index (Phi) is 4.12. The molecule has 1 saturated heterocycles. The van der Waals surface area contributed by atoms with Gasteiger partial charge in [-0.2, -0.15) is 0 Å². The fourth-order valence-electron chi connectivity index (χ4n) is 2.68. The first-order valence-electron chi connectivity index (χ1n) is 7.32. The Bertz CT molecular complexity index is 721. The van der Waals surface area contributed by atoms with Gasteiger partial charge in [0.05, 0.1) is 13.2 Å². The van der Waals surface area contributed by atoms with Gasteiger partial charge < -0.3 is 19.9 Å². The first-order valence-corrected chi connectivity index (χ1v) is 7.32. The molecule has 1 fully saturated rings. The molecule has 7 heteroatoms. The average Bonchev–Trinajstić information content (AvgIpc) is 2.88. The van der Waals surface area contributed by atoms with E-state index in [9.17, 15) is 4.79 Å². The number of ether oxygens (including phenoxy) is 1. The Morgan fingerprint density at radius 3 is 2.96 bits per heavy atom. The zero-order valence-electron chi connectivity index (χ0n) is 13.0. The minimum atomic E-state index is -0.315. The molecular weight excluding hydrogens is 294 g/mol. The van der Waals surface area contributed by atoms with Crippen LogP contribution in [0.25, 0.3) is 0 Å². The summed E-state index contributed by atoms with van der Waals surface area (Å²) in [6.45, 7) is 4.72. The van der Waals surface area contributed by atoms with Crippen molar-refractivity contribution >= 4 is 11.7 Å². The second kappa shape index (κ2) is 6.21. The lowest BCUT2D eigenvalue weighted by Crippen LogP contribution is -2.49. The van der Waals surface area contributed by atoms with Crippen molar-refractivity contribution in [2.45, 2.75) is 11.8 Å². The molecule has 1 aliphatic rings. The molecule has 120 valence electrons. The molecule has 3 rings (SSSR count). The molecule has 2 heterocycles. The number of nitrogens with zero attached hydrogens (tertiary/aromatic N) is 3. The predicted molar refractivity (Wildman–Crippen MR) is 86.0 cm³/mol. The quantitative estimate of drug-likeness (QED) is 0.878. The largest absolute Gasteiger partial charge is 0.379 e. The van der Waals surface area contributed by atoms with E-state index in [1.807, 2.05) is 29.8 Å². The minimum absolute atomic E-state index is 0.132. The van der Waals surface area contributed by atoms with Crippen molar-refractivity contribution in [1.29, 1.82) is 0 Å². The van der Waals surface area contributed by atoms with E-state index in [0.717, 1.165) is 23.5 Å².